The summed E-state index contributed by atoms with van der Waals surface area (Å²) in [4.78, 5) is 9.27. The summed E-state index contributed by atoms with van der Waals surface area (Å²) in [5.41, 5.74) is 3.23. The second-order valence-corrected chi connectivity index (χ2v) is 6.69. The molecule has 0 saturated carbocycles. The summed E-state index contributed by atoms with van der Waals surface area (Å²) in [6, 6.07) is 2.02. The Balaban J connectivity index is 2.06. The van der Waals surface area contributed by atoms with Gasteiger partial charge in [0.15, 0.2) is 5.65 Å². The van der Waals surface area contributed by atoms with Crippen molar-refractivity contribution in [3.05, 3.63) is 23.7 Å². The zero-order chi connectivity index (χ0) is 15.1. The molecule has 0 unspecified atom stereocenters. The summed E-state index contributed by atoms with van der Waals surface area (Å²) in [6.07, 6.45) is 9.94. The predicted octanol–water partition coefficient (Wildman–Crippen LogP) is 4.44. The van der Waals surface area contributed by atoms with Crippen molar-refractivity contribution in [1.29, 1.82) is 0 Å². The summed E-state index contributed by atoms with van der Waals surface area (Å²) in [7, 11) is 0. The van der Waals surface area contributed by atoms with E-state index >= 15 is 0 Å². The van der Waals surface area contributed by atoms with Crippen molar-refractivity contribution in [2.45, 2.75) is 45.6 Å². The van der Waals surface area contributed by atoms with E-state index in [0.717, 1.165) is 30.0 Å². The zero-order valence-electron chi connectivity index (χ0n) is 12.9. The molecule has 0 aliphatic carbocycles. The number of unbranched alkanes of at least 4 members (excludes halogenated alkanes) is 3. The first-order valence-electron chi connectivity index (χ1n) is 7.63. The number of alkyl halides is 1. The minimum atomic E-state index is 0.607. The summed E-state index contributed by atoms with van der Waals surface area (Å²) >= 11 is 7.85. The lowest BCUT2D eigenvalue weighted by molar-refractivity contribution is 0.575. The van der Waals surface area contributed by atoms with E-state index in [0.29, 0.717) is 5.88 Å². The van der Waals surface area contributed by atoms with Crippen LogP contribution in [0.2, 0.25) is 0 Å². The van der Waals surface area contributed by atoms with Crippen LogP contribution in [0, 0.1) is 6.92 Å². The fourth-order valence-corrected chi connectivity index (χ4v) is 3.23. The topological polar surface area (TPSA) is 30.7 Å². The molecule has 3 nitrogen and oxygen atoms in total. The lowest BCUT2D eigenvalue weighted by Gasteiger charge is -2.08. The number of imidazole rings is 1. The van der Waals surface area contributed by atoms with Gasteiger partial charge in [-0.3, -0.25) is 0 Å². The molecule has 0 atom stereocenters. The molecule has 0 saturated heterocycles. The number of nitrogens with zero attached hydrogens (tertiary/aromatic N) is 3. The van der Waals surface area contributed by atoms with Crippen LogP contribution in [0.15, 0.2) is 12.3 Å². The predicted molar refractivity (Wildman–Crippen MR) is 93.5 cm³/mol. The molecule has 116 valence electrons. The highest BCUT2D eigenvalue weighted by Crippen LogP contribution is 2.19. The van der Waals surface area contributed by atoms with E-state index in [-0.39, 0.29) is 0 Å². The Morgan fingerprint density at radius 2 is 2.05 bits per heavy atom. The second-order valence-electron chi connectivity index (χ2n) is 5.33. The molecule has 21 heavy (non-hydrogen) atoms. The maximum atomic E-state index is 5.92. The highest BCUT2D eigenvalue weighted by atomic mass is 35.5. The van der Waals surface area contributed by atoms with E-state index in [2.05, 4.69) is 22.7 Å². The molecule has 0 aliphatic rings. The van der Waals surface area contributed by atoms with Crippen LogP contribution in [-0.4, -0.2) is 32.4 Å². The van der Waals surface area contributed by atoms with Crippen molar-refractivity contribution in [1.82, 2.24) is 14.5 Å². The van der Waals surface area contributed by atoms with Crippen LogP contribution in [-0.2, 0) is 13.0 Å². The number of fused-ring (bicyclic) bond motifs is 1. The molecule has 2 rings (SSSR count). The quantitative estimate of drug-likeness (QED) is 0.504. The molecule has 0 aliphatic heterocycles. The highest BCUT2D eigenvalue weighted by Gasteiger charge is 2.12. The minimum Gasteiger partial charge on any atom is -0.313 e. The number of aryl methyl sites for hydroxylation is 3. The summed E-state index contributed by atoms with van der Waals surface area (Å²) in [5, 5.41) is 0. The van der Waals surface area contributed by atoms with Crippen LogP contribution in [0.3, 0.4) is 0 Å². The normalized spacial score (nSPS) is 11.4. The first-order chi connectivity index (χ1) is 10.3. The Hall–Kier alpha value is -0.740. The Morgan fingerprint density at radius 1 is 1.24 bits per heavy atom. The Bertz CT molecular complexity index is 568. The number of aromatic nitrogens is 3. The maximum Gasteiger partial charge on any atom is 0.160 e. The SMILES string of the molecule is CSCCCCCCn1c(CCCl)nc2c(C)ccnc21. The van der Waals surface area contributed by atoms with Crippen molar-refractivity contribution < 1.29 is 0 Å². The van der Waals surface area contributed by atoms with Gasteiger partial charge in [0, 0.05) is 25.0 Å². The average molecular weight is 326 g/mol. The molecule has 0 amide bonds. The van der Waals surface area contributed by atoms with Crippen molar-refractivity contribution in [2.24, 2.45) is 0 Å². The van der Waals surface area contributed by atoms with E-state index in [1.807, 2.05) is 24.0 Å². The van der Waals surface area contributed by atoms with Crippen LogP contribution in [0.4, 0.5) is 0 Å². The van der Waals surface area contributed by atoms with E-state index in [1.54, 1.807) is 0 Å². The summed E-state index contributed by atoms with van der Waals surface area (Å²) in [5.74, 6) is 2.95. The van der Waals surface area contributed by atoms with Gasteiger partial charge < -0.3 is 4.57 Å². The van der Waals surface area contributed by atoms with E-state index in [4.69, 9.17) is 16.6 Å². The lowest BCUT2D eigenvalue weighted by atomic mass is 10.2. The fraction of sp³-hybridized carbons (Fsp3) is 0.625. The van der Waals surface area contributed by atoms with Gasteiger partial charge in [-0.05, 0) is 43.4 Å². The van der Waals surface area contributed by atoms with Gasteiger partial charge in [0.25, 0.3) is 0 Å². The monoisotopic (exact) mass is 325 g/mol. The number of halogens is 1. The number of pyridine rings is 1. The standard InChI is InChI=1S/C16H24ClN3S/c1-13-8-10-18-16-15(13)19-14(7-9-17)20(16)11-5-3-4-6-12-21-2/h8,10H,3-7,9,11-12H2,1-2H3. The third kappa shape index (κ3) is 4.36. The maximum absolute atomic E-state index is 5.92. The molecule has 5 heteroatoms. The van der Waals surface area contributed by atoms with Crippen molar-refractivity contribution >= 4 is 34.5 Å². The molecule has 0 N–H and O–H groups in total. The van der Waals surface area contributed by atoms with Gasteiger partial charge in [-0.15, -0.1) is 11.6 Å². The van der Waals surface area contributed by atoms with Gasteiger partial charge >= 0.3 is 0 Å². The molecule has 0 aromatic carbocycles. The van der Waals surface area contributed by atoms with Gasteiger partial charge in [-0.1, -0.05) is 12.8 Å². The van der Waals surface area contributed by atoms with Gasteiger partial charge in [0.05, 0.1) is 0 Å². The fourth-order valence-electron chi connectivity index (χ4n) is 2.56. The Kier molecular flexibility index (Phi) is 6.84. The van der Waals surface area contributed by atoms with Crippen LogP contribution in [0.25, 0.3) is 11.2 Å². The number of hydrogen-bond donors (Lipinski definition) is 0. The van der Waals surface area contributed by atoms with E-state index in [9.17, 15) is 0 Å². The number of rotatable bonds is 9. The van der Waals surface area contributed by atoms with Crippen molar-refractivity contribution in [3.63, 3.8) is 0 Å². The highest BCUT2D eigenvalue weighted by molar-refractivity contribution is 7.98. The first kappa shape index (κ1) is 16.6. The van der Waals surface area contributed by atoms with Gasteiger partial charge in [-0.25, -0.2) is 9.97 Å². The molecule has 0 bridgehead atoms. The van der Waals surface area contributed by atoms with E-state index < -0.39 is 0 Å². The number of thioether (sulfide) groups is 1. The molecular formula is C16H24ClN3S. The smallest absolute Gasteiger partial charge is 0.160 e. The van der Waals surface area contributed by atoms with Gasteiger partial charge in [-0.2, -0.15) is 11.8 Å². The summed E-state index contributed by atoms with van der Waals surface area (Å²) < 4.78 is 2.26. The van der Waals surface area contributed by atoms with Crippen molar-refractivity contribution in [3.8, 4) is 0 Å². The van der Waals surface area contributed by atoms with Crippen molar-refractivity contribution in [2.75, 3.05) is 17.9 Å². The van der Waals surface area contributed by atoms with Gasteiger partial charge in [0.2, 0.25) is 0 Å². The third-order valence-corrected chi connectivity index (χ3v) is 4.60. The van der Waals surface area contributed by atoms with Gasteiger partial charge in [0.1, 0.15) is 11.3 Å². The molecular weight excluding hydrogens is 302 g/mol. The molecule has 2 aromatic rings. The van der Waals surface area contributed by atoms with Crippen LogP contribution < -0.4 is 0 Å². The van der Waals surface area contributed by atoms with Crippen LogP contribution in [0.5, 0.6) is 0 Å². The minimum absolute atomic E-state index is 0.607. The Labute approximate surface area is 136 Å². The largest absolute Gasteiger partial charge is 0.313 e. The zero-order valence-corrected chi connectivity index (χ0v) is 14.5. The summed E-state index contributed by atoms with van der Waals surface area (Å²) in [6.45, 7) is 3.09. The first-order valence-corrected chi connectivity index (χ1v) is 9.56. The molecule has 2 aromatic heterocycles. The molecule has 0 radical (unpaired) electrons. The number of hydrogen-bond acceptors (Lipinski definition) is 3. The van der Waals surface area contributed by atoms with E-state index in [1.165, 1.54) is 37.0 Å². The third-order valence-electron chi connectivity index (χ3n) is 3.71. The molecule has 2 heterocycles. The molecule has 0 spiro atoms. The van der Waals surface area contributed by atoms with Crippen LogP contribution in [0.1, 0.15) is 37.1 Å². The van der Waals surface area contributed by atoms with Crippen LogP contribution >= 0.6 is 23.4 Å². The molecule has 0 fully saturated rings. The second kappa shape index (κ2) is 8.64. The Morgan fingerprint density at radius 3 is 2.81 bits per heavy atom. The lowest BCUT2D eigenvalue weighted by Crippen LogP contribution is -2.05. The average Bonchev–Trinajstić information content (AvgIpc) is 2.83.